The number of hydrogen-bond donors (Lipinski definition) is 1. The Morgan fingerprint density at radius 1 is 0.818 bits per heavy atom. The molecule has 3 heteroatoms. The number of ketones is 1. The van der Waals surface area contributed by atoms with Gasteiger partial charge in [-0.3, -0.25) is 4.79 Å². The highest BCUT2D eigenvalue weighted by molar-refractivity contribution is 5.87. The molecule has 2 bridgehead atoms. The molecule has 1 spiro atoms. The van der Waals surface area contributed by atoms with E-state index in [1.807, 2.05) is 0 Å². The van der Waals surface area contributed by atoms with Crippen LogP contribution in [0.25, 0.3) is 0 Å². The number of carbonyl (C=O) groups is 1. The first kappa shape index (κ1) is 23.0. The summed E-state index contributed by atoms with van der Waals surface area (Å²) in [7, 11) is 0. The summed E-state index contributed by atoms with van der Waals surface area (Å²) >= 11 is 0. The van der Waals surface area contributed by atoms with Crippen LogP contribution in [-0.4, -0.2) is 29.2 Å². The van der Waals surface area contributed by atoms with Gasteiger partial charge in [0.25, 0.3) is 0 Å². The van der Waals surface area contributed by atoms with Crippen molar-refractivity contribution < 1.29 is 14.6 Å². The summed E-state index contributed by atoms with van der Waals surface area (Å²) in [6, 6.07) is 0. The van der Waals surface area contributed by atoms with Gasteiger partial charge >= 0.3 is 0 Å². The van der Waals surface area contributed by atoms with Gasteiger partial charge in [-0.05, 0) is 91.3 Å². The normalized spacial score (nSPS) is 58.6. The monoisotopic (exact) mass is 456 g/mol. The quantitative estimate of drug-likeness (QED) is 0.449. The average molecular weight is 457 g/mol. The van der Waals surface area contributed by atoms with Gasteiger partial charge in [0.1, 0.15) is 5.78 Å². The molecule has 6 aliphatic rings. The first-order valence-electron chi connectivity index (χ1n) is 14.0. The minimum Gasteiger partial charge on any atom is -0.393 e. The molecular weight excluding hydrogens is 408 g/mol. The van der Waals surface area contributed by atoms with Crippen LogP contribution < -0.4 is 0 Å². The van der Waals surface area contributed by atoms with E-state index in [2.05, 4.69) is 48.5 Å². The number of aliphatic hydroxyl groups is 1. The number of rotatable bonds is 0. The zero-order chi connectivity index (χ0) is 23.9. The number of ether oxygens (including phenoxy) is 1. The second-order valence-corrected chi connectivity index (χ2v) is 15.7. The summed E-state index contributed by atoms with van der Waals surface area (Å²) in [5, 5.41) is 10.9. The second kappa shape index (κ2) is 6.28. The highest BCUT2D eigenvalue weighted by atomic mass is 16.5. The van der Waals surface area contributed by atoms with Crippen molar-refractivity contribution in [2.75, 3.05) is 6.61 Å². The van der Waals surface area contributed by atoms with Crippen molar-refractivity contribution in [3.63, 3.8) is 0 Å². The Morgan fingerprint density at radius 3 is 2.24 bits per heavy atom. The number of carbonyl (C=O) groups excluding carboxylic acids is 1. The van der Waals surface area contributed by atoms with Crippen LogP contribution in [0.15, 0.2) is 0 Å². The van der Waals surface area contributed by atoms with E-state index in [0.29, 0.717) is 30.1 Å². The van der Waals surface area contributed by atoms with Gasteiger partial charge in [0.05, 0.1) is 23.7 Å². The summed E-state index contributed by atoms with van der Waals surface area (Å²) in [4.78, 5) is 13.6. The molecule has 1 N–H and O–H groups in total. The van der Waals surface area contributed by atoms with Crippen LogP contribution in [0, 0.1) is 50.2 Å². The van der Waals surface area contributed by atoms with Crippen LogP contribution in [0.1, 0.15) is 113 Å². The molecule has 9 unspecified atom stereocenters. The Labute approximate surface area is 201 Å². The third-order valence-electron chi connectivity index (χ3n) is 13.9. The maximum atomic E-state index is 13.6. The molecule has 1 saturated heterocycles. The molecule has 33 heavy (non-hydrogen) atoms. The maximum absolute atomic E-state index is 13.6. The van der Waals surface area contributed by atoms with Gasteiger partial charge < -0.3 is 9.84 Å². The molecule has 6 fully saturated rings. The molecule has 1 heterocycles. The van der Waals surface area contributed by atoms with Crippen molar-refractivity contribution in [3.05, 3.63) is 0 Å². The first-order valence-corrected chi connectivity index (χ1v) is 14.0. The summed E-state index contributed by atoms with van der Waals surface area (Å²) in [6.07, 6.45) is 10.8. The lowest BCUT2D eigenvalue weighted by molar-refractivity contribution is -0.286. The van der Waals surface area contributed by atoms with Crippen LogP contribution in [0.2, 0.25) is 0 Å². The van der Waals surface area contributed by atoms with Crippen molar-refractivity contribution in [2.45, 2.75) is 124 Å². The molecule has 0 aromatic carbocycles. The minimum atomic E-state index is -0.198. The molecule has 0 aromatic heterocycles. The highest BCUT2D eigenvalue weighted by Crippen LogP contribution is 2.80. The largest absolute Gasteiger partial charge is 0.393 e. The summed E-state index contributed by atoms with van der Waals surface area (Å²) in [6.45, 7) is 17.8. The van der Waals surface area contributed by atoms with Crippen molar-refractivity contribution in [2.24, 2.45) is 50.2 Å². The molecule has 3 nitrogen and oxygen atoms in total. The van der Waals surface area contributed by atoms with Gasteiger partial charge in [0.15, 0.2) is 0 Å². The zero-order valence-corrected chi connectivity index (χ0v) is 22.4. The predicted octanol–water partition coefficient (Wildman–Crippen LogP) is 6.56. The van der Waals surface area contributed by atoms with Gasteiger partial charge in [-0.15, -0.1) is 0 Å². The Morgan fingerprint density at radius 2 is 1.52 bits per heavy atom. The fourth-order valence-electron chi connectivity index (χ4n) is 11.9. The molecule has 0 amide bonds. The average Bonchev–Trinajstić information content (AvgIpc) is 2.94. The van der Waals surface area contributed by atoms with Crippen LogP contribution in [-0.2, 0) is 9.53 Å². The SMILES string of the molecule is CC1(C)CC(=O)C23CCC4(C)C5(C)CCC6C(C)(C)C(O)CCC6(C)C5CCC4(OC2)C3C1. The van der Waals surface area contributed by atoms with E-state index in [1.54, 1.807) is 0 Å². The minimum absolute atomic E-state index is 0.00421. The smallest absolute Gasteiger partial charge is 0.142 e. The molecule has 5 aliphatic carbocycles. The highest BCUT2D eigenvalue weighted by Gasteiger charge is 2.79. The van der Waals surface area contributed by atoms with E-state index < -0.39 is 0 Å². The maximum Gasteiger partial charge on any atom is 0.142 e. The van der Waals surface area contributed by atoms with Gasteiger partial charge in [-0.1, -0.05) is 48.5 Å². The van der Waals surface area contributed by atoms with Crippen molar-refractivity contribution in [3.8, 4) is 0 Å². The molecule has 0 radical (unpaired) electrons. The summed E-state index contributed by atoms with van der Waals surface area (Å²) in [5.74, 6) is 2.17. The Balaban J connectivity index is 1.44. The second-order valence-electron chi connectivity index (χ2n) is 15.7. The molecule has 1 aliphatic heterocycles. The van der Waals surface area contributed by atoms with Crippen LogP contribution in [0.5, 0.6) is 0 Å². The third kappa shape index (κ3) is 2.39. The number of fused-ring (bicyclic) bond motifs is 4. The summed E-state index contributed by atoms with van der Waals surface area (Å²) < 4.78 is 7.05. The third-order valence-corrected chi connectivity index (χ3v) is 13.9. The Kier molecular flexibility index (Phi) is 4.38. The first-order chi connectivity index (χ1) is 15.2. The zero-order valence-electron chi connectivity index (χ0n) is 22.4. The predicted molar refractivity (Wildman–Crippen MR) is 131 cm³/mol. The van der Waals surface area contributed by atoms with E-state index in [4.69, 9.17) is 4.74 Å². The van der Waals surface area contributed by atoms with Gasteiger partial charge in [-0.2, -0.15) is 0 Å². The topological polar surface area (TPSA) is 46.5 Å². The van der Waals surface area contributed by atoms with Crippen molar-refractivity contribution in [1.29, 1.82) is 0 Å². The lowest BCUT2D eigenvalue weighted by Gasteiger charge is -2.74. The summed E-state index contributed by atoms with van der Waals surface area (Å²) in [5.41, 5.74) is 0.401. The van der Waals surface area contributed by atoms with Gasteiger partial charge in [0.2, 0.25) is 0 Å². The van der Waals surface area contributed by atoms with Gasteiger partial charge in [0, 0.05) is 17.8 Å². The molecule has 0 aromatic rings. The fourth-order valence-corrected chi connectivity index (χ4v) is 11.9. The van der Waals surface area contributed by atoms with Gasteiger partial charge in [-0.25, -0.2) is 0 Å². The van der Waals surface area contributed by atoms with Crippen molar-refractivity contribution in [1.82, 2.24) is 0 Å². The van der Waals surface area contributed by atoms with E-state index in [0.717, 1.165) is 44.9 Å². The fraction of sp³-hybridized carbons (Fsp3) is 0.967. The van der Waals surface area contributed by atoms with Crippen LogP contribution in [0.3, 0.4) is 0 Å². The molecule has 9 atom stereocenters. The Hall–Kier alpha value is -0.410. The molecule has 186 valence electrons. The van der Waals surface area contributed by atoms with Crippen molar-refractivity contribution >= 4 is 5.78 Å². The van der Waals surface area contributed by atoms with Crippen LogP contribution >= 0.6 is 0 Å². The lowest BCUT2D eigenvalue weighted by Crippen LogP contribution is -2.72. The molecular formula is C30H48O3. The number of Topliss-reactive ketones (excluding diaryl/α,β-unsaturated/α-hetero) is 1. The van der Waals surface area contributed by atoms with E-state index in [1.165, 1.54) is 19.3 Å². The molecule has 5 saturated carbocycles. The molecule has 6 rings (SSSR count). The van der Waals surface area contributed by atoms with E-state index in [-0.39, 0.29) is 44.2 Å². The lowest BCUT2D eigenvalue weighted by atomic mass is 9.31. The Bertz CT molecular complexity index is 891. The number of aliphatic hydroxyl groups excluding tert-OH is 1. The van der Waals surface area contributed by atoms with Crippen LogP contribution in [0.4, 0.5) is 0 Å². The van der Waals surface area contributed by atoms with E-state index >= 15 is 0 Å². The standard InChI is InChI=1S/C30H48O3/c1-24(2)16-21-29(23(32)17-24)15-14-28(7)27(6)12-8-19-25(3,4)22(31)10-11-26(19,5)20(27)9-13-30(21,28)33-18-29/h19-22,31H,8-18H2,1-7H3. The van der Waals surface area contributed by atoms with E-state index in [9.17, 15) is 9.90 Å². The number of hydrogen-bond acceptors (Lipinski definition) is 3.